The molecule has 2 N–H and O–H groups in total. The van der Waals surface area contributed by atoms with Crippen molar-refractivity contribution < 1.29 is 4.79 Å². The number of fused-ring (bicyclic) bond motifs is 1. The second-order valence-electron chi connectivity index (χ2n) is 5.35. The van der Waals surface area contributed by atoms with Crippen molar-refractivity contribution in [2.45, 2.75) is 26.9 Å². The predicted molar refractivity (Wildman–Crippen MR) is 90.2 cm³/mol. The summed E-state index contributed by atoms with van der Waals surface area (Å²) in [5.41, 5.74) is 3.67. The standard InChI is InChI=1S/C16H18N4OS/c1-4-19-13-11(3)17-15(21)20(14(13)18-16(19)22)9-12-7-5-10(2)6-8-12/h5-8H,3-4,9H2,1-2H3,(H,17,21)(H,18,22). The lowest BCUT2D eigenvalue weighted by atomic mass is 10.1. The van der Waals surface area contributed by atoms with Gasteiger partial charge in [-0.05, 0) is 31.6 Å². The maximum Gasteiger partial charge on any atom is 0.327 e. The Labute approximate surface area is 134 Å². The number of aryl methyl sites for hydroxylation is 1. The summed E-state index contributed by atoms with van der Waals surface area (Å²) < 4.78 is 2.54. The maximum atomic E-state index is 12.3. The summed E-state index contributed by atoms with van der Waals surface area (Å²) in [7, 11) is 0. The predicted octanol–water partition coefficient (Wildman–Crippen LogP) is 3.57. The number of H-pyrrole nitrogens is 1. The van der Waals surface area contributed by atoms with E-state index in [0.717, 1.165) is 17.8 Å². The Bertz CT molecular complexity index is 801. The Morgan fingerprint density at radius 3 is 2.59 bits per heavy atom. The molecule has 114 valence electrons. The zero-order chi connectivity index (χ0) is 15.9. The van der Waals surface area contributed by atoms with Crippen molar-refractivity contribution >= 4 is 29.8 Å². The quantitative estimate of drug-likeness (QED) is 0.851. The lowest BCUT2D eigenvalue weighted by Crippen LogP contribution is -2.43. The topological polar surface area (TPSA) is 53.1 Å². The lowest BCUT2D eigenvalue weighted by Gasteiger charge is -2.29. The van der Waals surface area contributed by atoms with Gasteiger partial charge in [-0.2, -0.15) is 0 Å². The van der Waals surface area contributed by atoms with Gasteiger partial charge in [-0.25, -0.2) is 4.79 Å². The van der Waals surface area contributed by atoms with Gasteiger partial charge in [0.05, 0.1) is 12.2 Å². The Morgan fingerprint density at radius 1 is 1.27 bits per heavy atom. The van der Waals surface area contributed by atoms with E-state index in [4.69, 9.17) is 12.2 Å². The normalized spacial score (nSPS) is 14.0. The van der Waals surface area contributed by atoms with Crippen molar-refractivity contribution in [3.05, 3.63) is 52.4 Å². The summed E-state index contributed by atoms with van der Waals surface area (Å²) in [4.78, 5) is 17.1. The molecule has 2 aromatic rings. The molecule has 1 aliphatic rings. The Hall–Kier alpha value is -2.34. The van der Waals surface area contributed by atoms with E-state index in [0.29, 0.717) is 22.8 Å². The van der Waals surface area contributed by atoms with Gasteiger partial charge in [0.2, 0.25) is 0 Å². The van der Waals surface area contributed by atoms with Crippen LogP contribution < -0.4 is 10.2 Å². The molecule has 1 aliphatic heterocycles. The SMILES string of the molecule is C=C1NC(=O)N(Cc2ccc(C)cc2)c2[nH]c(=S)n(CC)c21. The largest absolute Gasteiger partial charge is 0.327 e. The van der Waals surface area contributed by atoms with Crippen LogP contribution in [0.5, 0.6) is 0 Å². The fourth-order valence-corrected chi connectivity index (χ4v) is 2.96. The Balaban J connectivity index is 2.04. The summed E-state index contributed by atoms with van der Waals surface area (Å²) in [6.45, 7) is 9.18. The number of nitrogens with one attached hydrogen (secondary N) is 2. The van der Waals surface area contributed by atoms with E-state index in [-0.39, 0.29) is 6.03 Å². The molecule has 0 unspecified atom stereocenters. The molecule has 0 bridgehead atoms. The van der Waals surface area contributed by atoms with Gasteiger partial charge < -0.3 is 14.9 Å². The molecule has 5 nitrogen and oxygen atoms in total. The van der Waals surface area contributed by atoms with Crippen molar-refractivity contribution in [1.82, 2.24) is 14.9 Å². The minimum atomic E-state index is -0.197. The van der Waals surface area contributed by atoms with E-state index >= 15 is 0 Å². The molecular formula is C16H18N4OS. The fraction of sp³-hybridized carbons (Fsp3) is 0.250. The highest BCUT2D eigenvalue weighted by atomic mass is 32.1. The van der Waals surface area contributed by atoms with Crippen LogP contribution in [0.3, 0.4) is 0 Å². The molecule has 3 rings (SSSR count). The van der Waals surface area contributed by atoms with Gasteiger partial charge >= 0.3 is 6.03 Å². The molecular weight excluding hydrogens is 296 g/mol. The van der Waals surface area contributed by atoms with E-state index in [1.807, 2.05) is 42.7 Å². The number of carbonyl (C=O) groups excluding carboxylic acids is 1. The molecule has 0 aliphatic carbocycles. The molecule has 0 saturated carbocycles. The first-order chi connectivity index (χ1) is 10.5. The average molecular weight is 314 g/mol. The number of imidazole rings is 1. The monoisotopic (exact) mass is 314 g/mol. The molecule has 22 heavy (non-hydrogen) atoms. The van der Waals surface area contributed by atoms with Gasteiger partial charge in [0.25, 0.3) is 0 Å². The molecule has 0 radical (unpaired) electrons. The van der Waals surface area contributed by atoms with E-state index in [9.17, 15) is 4.79 Å². The minimum absolute atomic E-state index is 0.197. The van der Waals surface area contributed by atoms with Crippen LogP contribution in [0.4, 0.5) is 10.6 Å². The number of carbonyl (C=O) groups is 1. The maximum absolute atomic E-state index is 12.3. The van der Waals surface area contributed by atoms with Crippen LogP contribution in [0.1, 0.15) is 23.7 Å². The molecule has 0 spiro atoms. The van der Waals surface area contributed by atoms with Crippen molar-refractivity contribution in [3.8, 4) is 0 Å². The molecule has 2 amide bonds. The molecule has 1 aromatic heterocycles. The van der Waals surface area contributed by atoms with Gasteiger partial charge in [0, 0.05) is 6.54 Å². The first kappa shape index (κ1) is 14.6. The second kappa shape index (κ2) is 5.46. The second-order valence-corrected chi connectivity index (χ2v) is 5.74. The number of nitrogens with zero attached hydrogens (tertiary/aromatic N) is 2. The number of aromatic amines is 1. The van der Waals surface area contributed by atoms with Gasteiger partial charge in [-0.15, -0.1) is 0 Å². The number of aromatic nitrogens is 2. The van der Waals surface area contributed by atoms with Gasteiger partial charge in [0.1, 0.15) is 11.5 Å². The van der Waals surface area contributed by atoms with Crippen LogP contribution in [-0.4, -0.2) is 15.6 Å². The molecule has 0 fully saturated rings. The smallest absolute Gasteiger partial charge is 0.316 e. The molecule has 1 aromatic carbocycles. The molecule has 6 heteroatoms. The number of rotatable bonds is 3. The number of hydrogen-bond donors (Lipinski definition) is 2. The van der Waals surface area contributed by atoms with Crippen molar-refractivity contribution in [2.75, 3.05) is 4.90 Å². The van der Waals surface area contributed by atoms with E-state index in [1.54, 1.807) is 4.90 Å². The van der Waals surface area contributed by atoms with Gasteiger partial charge in [0.15, 0.2) is 4.77 Å². The minimum Gasteiger partial charge on any atom is -0.316 e. The first-order valence-electron chi connectivity index (χ1n) is 7.17. The van der Waals surface area contributed by atoms with Crippen LogP contribution in [-0.2, 0) is 13.1 Å². The first-order valence-corrected chi connectivity index (χ1v) is 7.58. The van der Waals surface area contributed by atoms with Gasteiger partial charge in [-0.3, -0.25) is 4.90 Å². The third-order valence-electron chi connectivity index (χ3n) is 3.80. The number of hydrogen-bond acceptors (Lipinski definition) is 2. The van der Waals surface area contributed by atoms with Gasteiger partial charge in [-0.1, -0.05) is 36.4 Å². The van der Waals surface area contributed by atoms with Crippen LogP contribution >= 0.6 is 12.2 Å². The zero-order valence-corrected chi connectivity index (χ0v) is 13.5. The molecule has 0 saturated heterocycles. The van der Waals surface area contributed by atoms with Crippen LogP contribution in [0.15, 0.2) is 30.8 Å². The lowest BCUT2D eigenvalue weighted by molar-refractivity contribution is 0.249. The molecule has 2 heterocycles. The van der Waals surface area contributed by atoms with Crippen LogP contribution in [0, 0.1) is 11.7 Å². The summed E-state index contributed by atoms with van der Waals surface area (Å²) in [5.74, 6) is 0.709. The van der Waals surface area contributed by atoms with E-state index in [2.05, 4.69) is 16.9 Å². The average Bonchev–Trinajstić information content (AvgIpc) is 2.82. The van der Waals surface area contributed by atoms with Crippen molar-refractivity contribution in [3.63, 3.8) is 0 Å². The van der Waals surface area contributed by atoms with Crippen LogP contribution in [0.2, 0.25) is 0 Å². The van der Waals surface area contributed by atoms with E-state index < -0.39 is 0 Å². The third-order valence-corrected chi connectivity index (χ3v) is 4.12. The van der Waals surface area contributed by atoms with Crippen LogP contribution in [0.25, 0.3) is 5.70 Å². The molecule has 0 atom stereocenters. The van der Waals surface area contributed by atoms with Crippen molar-refractivity contribution in [2.24, 2.45) is 0 Å². The number of benzene rings is 1. The summed E-state index contributed by atoms with van der Waals surface area (Å²) in [6.07, 6.45) is 0. The summed E-state index contributed by atoms with van der Waals surface area (Å²) in [5, 5.41) is 2.81. The third kappa shape index (κ3) is 2.35. The van der Waals surface area contributed by atoms with Crippen molar-refractivity contribution in [1.29, 1.82) is 0 Å². The highest BCUT2D eigenvalue weighted by Crippen LogP contribution is 2.30. The Kier molecular flexibility index (Phi) is 3.62. The number of anilines is 1. The Morgan fingerprint density at radius 2 is 1.95 bits per heavy atom. The van der Waals surface area contributed by atoms with E-state index in [1.165, 1.54) is 5.56 Å². The fourth-order valence-electron chi connectivity index (χ4n) is 2.64. The summed E-state index contributed by atoms with van der Waals surface area (Å²) in [6, 6.07) is 7.93. The zero-order valence-electron chi connectivity index (χ0n) is 12.6. The highest BCUT2D eigenvalue weighted by molar-refractivity contribution is 7.71. The number of amides is 2. The number of urea groups is 1. The summed E-state index contributed by atoms with van der Waals surface area (Å²) >= 11 is 5.35. The highest BCUT2D eigenvalue weighted by Gasteiger charge is 2.30.